The molecule has 4 nitrogen and oxygen atoms in total. The summed E-state index contributed by atoms with van der Waals surface area (Å²) in [7, 11) is 0. The summed E-state index contributed by atoms with van der Waals surface area (Å²) in [5.74, 6) is 0.592. The Hall–Kier alpha value is -1.42. The topological polar surface area (TPSA) is 42.4 Å². The molecule has 3 rings (SSSR count). The van der Waals surface area contributed by atoms with Crippen molar-refractivity contribution in [3.05, 3.63) is 30.1 Å². The third-order valence-corrected chi connectivity index (χ3v) is 3.62. The zero-order valence-electron chi connectivity index (χ0n) is 9.87. The van der Waals surface area contributed by atoms with Crippen LogP contribution in [-0.4, -0.2) is 41.1 Å². The second kappa shape index (κ2) is 4.11. The van der Waals surface area contributed by atoms with Crippen molar-refractivity contribution in [2.45, 2.75) is 25.6 Å². The van der Waals surface area contributed by atoms with E-state index >= 15 is 0 Å². The van der Waals surface area contributed by atoms with Gasteiger partial charge < -0.3 is 9.64 Å². The van der Waals surface area contributed by atoms with Crippen molar-refractivity contribution in [2.75, 3.05) is 13.1 Å². The minimum absolute atomic E-state index is 0.0729. The molecule has 90 valence electrons. The van der Waals surface area contributed by atoms with Crippen molar-refractivity contribution < 1.29 is 9.53 Å². The van der Waals surface area contributed by atoms with Crippen LogP contribution in [0.3, 0.4) is 0 Å². The van der Waals surface area contributed by atoms with E-state index in [2.05, 4.69) is 11.9 Å². The van der Waals surface area contributed by atoms with E-state index in [1.807, 2.05) is 11.0 Å². The number of rotatable bonds is 1. The van der Waals surface area contributed by atoms with Gasteiger partial charge in [-0.25, -0.2) is 0 Å². The lowest BCUT2D eigenvalue weighted by atomic mass is 10.0. The molecule has 0 aliphatic carbocycles. The van der Waals surface area contributed by atoms with Crippen LogP contribution in [0.4, 0.5) is 0 Å². The molecule has 4 heteroatoms. The number of carbonyl (C=O) groups is 1. The molecule has 0 saturated carbocycles. The molecule has 2 fully saturated rings. The maximum atomic E-state index is 12.2. The summed E-state index contributed by atoms with van der Waals surface area (Å²) in [4.78, 5) is 18.1. The number of hydrogen-bond donors (Lipinski definition) is 0. The van der Waals surface area contributed by atoms with Gasteiger partial charge in [0.05, 0.1) is 17.8 Å². The van der Waals surface area contributed by atoms with Crippen LogP contribution in [0.1, 0.15) is 23.7 Å². The molecule has 17 heavy (non-hydrogen) atoms. The van der Waals surface area contributed by atoms with E-state index < -0.39 is 0 Å². The zero-order valence-corrected chi connectivity index (χ0v) is 9.87. The van der Waals surface area contributed by atoms with E-state index in [0.717, 1.165) is 19.5 Å². The van der Waals surface area contributed by atoms with Gasteiger partial charge in [0, 0.05) is 31.4 Å². The first-order chi connectivity index (χ1) is 8.24. The van der Waals surface area contributed by atoms with E-state index in [4.69, 9.17) is 4.74 Å². The van der Waals surface area contributed by atoms with Crippen molar-refractivity contribution in [2.24, 2.45) is 5.92 Å². The van der Waals surface area contributed by atoms with Gasteiger partial charge in [0.25, 0.3) is 5.91 Å². The van der Waals surface area contributed by atoms with E-state index in [1.54, 1.807) is 18.5 Å². The first kappa shape index (κ1) is 10.7. The predicted octanol–water partition coefficient (Wildman–Crippen LogP) is 1.33. The van der Waals surface area contributed by atoms with Gasteiger partial charge in [0.2, 0.25) is 0 Å². The lowest BCUT2D eigenvalue weighted by molar-refractivity contribution is 0.0443. The molecule has 0 bridgehead atoms. The molecule has 1 aromatic rings. The van der Waals surface area contributed by atoms with Crippen LogP contribution in [-0.2, 0) is 4.74 Å². The van der Waals surface area contributed by atoms with E-state index in [0.29, 0.717) is 17.6 Å². The van der Waals surface area contributed by atoms with Crippen molar-refractivity contribution >= 4 is 5.91 Å². The van der Waals surface area contributed by atoms with Crippen LogP contribution < -0.4 is 0 Å². The fraction of sp³-hybridized carbons (Fsp3) is 0.538. The molecule has 2 aliphatic rings. The molecule has 0 spiro atoms. The summed E-state index contributed by atoms with van der Waals surface area (Å²) in [6.45, 7) is 3.65. The number of nitrogens with zero attached hydrogens (tertiary/aromatic N) is 2. The quantitative estimate of drug-likeness (QED) is 0.733. The number of carbonyl (C=O) groups excluding carboxylic acids is 1. The van der Waals surface area contributed by atoms with Crippen molar-refractivity contribution in [3.8, 4) is 0 Å². The number of aromatic nitrogens is 1. The largest absolute Gasteiger partial charge is 0.373 e. The average molecular weight is 232 g/mol. The molecule has 0 N–H and O–H groups in total. The summed E-state index contributed by atoms with van der Waals surface area (Å²) in [6.07, 6.45) is 4.97. The highest BCUT2D eigenvalue weighted by molar-refractivity contribution is 5.94. The summed E-state index contributed by atoms with van der Waals surface area (Å²) in [6, 6.07) is 3.61. The van der Waals surface area contributed by atoms with Crippen molar-refractivity contribution in [3.63, 3.8) is 0 Å². The van der Waals surface area contributed by atoms with Crippen molar-refractivity contribution in [1.82, 2.24) is 9.88 Å². The molecule has 1 aromatic heterocycles. The van der Waals surface area contributed by atoms with Crippen LogP contribution in [0.25, 0.3) is 0 Å². The summed E-state index contributed by atoms with van der Waals surface area (Å²) in [5, 5.41) is 0. The van der Waals surface area contributed by atoms with Gasteiger partial charge >= 0.3 is 0 Å². The predicted molar refractivity (Wildman–Crippen MR) is 62.6 cm³/mol. The maximum absolute atomic E-state index is 12.2. The molecule has 3 heterocycles. The highest BCUT2D eigenvalue weighted by Crippen LogP contribution is 2.33. The second-order valence-electron chi connectivity index (χ2n) is 4.93. The van der Waals surface area contributed by atoms with E-state index in [-0.39, 0.29) is 12.0 Å². The normalized spacial score (nSPS) is 31.6. The third kappa shape index (κ3) is 1.93. The number of amides is 1. The number of likely N-dealkylation sites (tertiary alicyclic amines) is 1. The fourth-order valence-electron chi connectivity index (χ4n) is 2.84. The monoisotopic (exact) mass is 232 g/mol. The smallest absolute Gasteiger partial charge is 0.255 e. The molecule has 0 radical (unpaired) electrons. The lowest BCUT2D eigenvalue weighted by Crippen LogP contribution is -2.31. The number of hydrogen-bond acceptors (Lipinski definition) is 3. The fourth-order valence-corrected chi connectivity index (χ4v) is 2.84. The molecule has 2 aliphatic heterocycles. The lowest BCUT2D eigenvalue weighted by Gasteiger charge is -2.18. The van der Waals surface area contributed by atoms with Gasteiger partial charge in [0.15, 0.2) is 0 Å². The zero-order chi connectivity index (χ0) is 11.8. The molecule has 1 amide bonds. The minimum atomic E-state index is 0.0729. The number of fused-ring (bicyclic) bond motifs is 1. The standard InChI is InChI=1S/C13H16N2O2/c1-9-5-11-7-15(8-12(11)17-9)13(16)10-3-2-4-14-6-10/h2-4,6,9,11-12H,5,7-8H2,1H3/t9-,11+,12-/m1/s1. The van der Waals surface area contributed by atoms with Crippen molar-refractivity contribution in [1.29, 1.82) is 0 Å². The number of ether oxygens (including phenoxy) is 1. The van der Waals surface area contributed by atoms with E-state index in [9.17, 15) is 4.79 Å². The Balaban J connectivity index is 1.70. The number of pyridine rings is 1. The maximum Gasteiger partial charge on any atom is 0.255 e. The first-order valence-electron chi connectivity index (χ1n) is 6.09. The van der Waals surface area contributed by atoms with Gasteiger partial charge in [-0.05, 0) is 25.5 Å². The summed E-state index contributed by atoms with van der Waals surface area (Å²) >= 11 is 0. The van der Waals surface area contributed by atoms with Crippen LogP contribution >= 0.6 is 0 Å². The molecular formula is C13H16N2O2. The molecule has 0 unspecified atom stereocenters. The Kier molecular flexibility index (Phi) is 2.59. The van der Waals surface area contributed by atoms with Gasteiger partial charge in [0.1, 0.15) is 0 Å². The van der Waals surface area contributed by atoms with Gasteiger partial charge in [-0.1, -0.05) is 0 Å². The van der Waals surface area contributed by atoms with Crippen LogP contribution in [0.2, 0.25) is 0 Å². The summed E-state index contributed by atoms with van der Waals surface area (Å²) in [5.41, 5.74) is 0.667. The Labute approximate surface area is 101 Å². The second-order valence-corrected chi connectivity index (χ2v) is 4.93. The Bertz CT molecular complexity index is 407. The van der Waals surface area contributed by atoms with Crippen LogP contribution in [0.15, 0.2) is 24.5 Å². The minimum Gasteiger partial charge on any atom is -0.373 e. The van der Waals surface area contributed by atoms with Gasteiger partial charge in [-0.2, -0.15) is 0 Å². The molecule has 0 aromatic carbocycles. The highest BCUT2D eigenvalue weighted by Gasteiger charge is 2.42. The SMILES string of the molecule is C[C@@H]1C[C@H]2CN(C(=O)c3cccnc3)C[C@H]2O1. The first-order valence-corrected chi connectivity index (χ1v) is 6.09. The van der Waals surface area contributed by atoms with Crippen LogP contribution in [0.5, 0.6) is 0 Å². The average Bonchev–Trinajstić information content (AvgIpc) is 2.86. The highest BCUT2D eigenvalue weighted by atomic mass is 16.5. The molecule has 3 atom stereocenters. The van der Waals surface area contributed by atoms with Gasteiger partial charge in [-0.15, -0.1) is 0 Å². The van der Waals surface area contributed by atoms with E-state index in [1.165, 1.54) is 0 Å². The third-order valence-electron chi connectivity index (χ3n) is 3.62. The Morgan fingerprint density at radius 2 is 2.41 bits per heavy atom. The Morgan fingerprint density at radius 3 is 3.12 bits per heavy atom. The molecular weight excluding hydrogens is 216 g/mol. The molecule has 2 saturated heterocycles. The van der Waals surface area contributed by atoms with Crippen LogP contribution in [0, 0.1) is 5.92 Å². The van der Waals surface area contributed by atoms with Gasteiger partial charge in [-0.3, -0.25) is 9.78 Å². The Morgan fingerprint density at radius 1 is 1.53 bits per heavy atom. The summed E-state index contributed by atoms with van der Waals surface area (Å²) < 4.78 is 5.79.